The molecule has 0 amide bonds. The molecule has 0 aliphatic heterocycles. The summed E-state index contributed by atoms with van der Waals surface area (Å²) < 4.78 is 26.2. The fourth-order valence-electron chi connectivity index (χ4n) is 2.00. The lowest BCUT2D eigenvalue weighted by atomic mass is 9.94. The van der Waals surface area contributed by atoms with Crippen LogP contribution in [0.1, 0.15) is 26.2 Å². The lowest BCUT2D eigenvalue weighted by Crippen LogP contribution is -2.40. The van der Waals surface area contributed by atoms with E-state index in [1.165, 1.54) is 11.4 Å². The van der Waals surface area contributed by atoms with Crippen LogP contribution in [0.4, 0.5) is 10.7 Å². The second-order valence-electron chi connectivity index (χ2n) is 4.67. The summed E-state index contributed by atoms with van der Waals surface area (Å²) in [5.41, 5.74) is -0.183. The molecule has 1 aromatic heterocycles. The van der Waals surface area contributed by atoms with Crippen molar-refractivity contribution in [1.29, 1.82) is 0 Å². The van der Waals surface area contributed by atoms with Gasteiger partial charge in [-0.25, -0.2) is 8.42 Å². The first-order valence-corrected chi connectivity index (χ1v) is 8.63. The molecule has 1 aliphatic carbocycles. The molecule has 0 aromatic carbocycles. The molecular weight excluding hydrogens is 302 g/mol. The zero-order valence-corrected chi connectivity index (χ0v) is 13.0. The molecule has 0 saturated heterocycles. The summed E-state index contributed by atoms with van der Waals surface area (Å²) in [5, 5.41) is 14.1. The molecule has 1 N–H and O–H groups in total. The van der Waals surface area contributed by atoms with Crippen LogP contribution in [0.5, 0.6) is 0 Å². The molecule has 112 valence electrons. The SMILES string of the molecule is CCNc1sc(S(=O)(=O)N(C)C2CCC2)cc1[N+](=O)[O-]. The molecule has 7 nitrogen and oxygen atoms in total. The summed E-state index contributed by atoms with van der Waals surface area (Å²) in [6.45, 7) is 2.30. The number of anilines is 1. The average Bonchev–Trinajstić information content (AvgIpc) is 2.72. The smallest absolute Gasteiger partial charge is 0.304 e. The summed E-state index contributed by atoms with van der Waals surface area (Å²) in [6.07, 6.45) is 2.73. The number of nitro groups is 1. The Labute approximate surface area is 121 Å². The third kappa shape index (κ3) is 2.65. The zero-order valence-electron chi connectivity index (χ0n) is 11.3. The summed E-state index contributed by atoms with van der Waals surface area (Å²) >= 11 is 0.917. The largest absolute Gasteiger partial charge is 0.372 e. The predicted octanol–water partition coefficient (Wildman–Crippen LogP) is 2.26. The Morgan fingerprint density at radius 2 is 2.20 bits per heavy atom. The Bertz CT molecular complexity index is 607. The Balaban J connectivity index is 2.36. The zero-order chi connectivity index (χ0) is 14.9. The number of sulfonamides is 1. The van der Waals surface area contributed by atoms with E-state index in [-0.39, 0.29) is 20.9 Å². The van der Waals surface area contributed by atoms with E-state index in [0.29, 0.717) is 6.54 Å². The van der Waals surface area contributed by atoms with Crippen molar-refractivity contribution in [1.82, 2.24) is 4.31 Å². The average molecular weight is 319 g/mol. The van der Waals surface area contributed by atoms with Gasteiger partial charge in [0.25, 0.3) is 10.0 Å². The molecule has 0 atom stereocenters. The second kappa shape index (κ2) is 5.66. The van der Waals surface area contributed by atoms with E-state index in [1.807, 2.05) is 0 Å². The van der Waals surface area contributed by atoms with Gasteiger partial charge in [-0.3, -0.25) is 10.1 Å². The molecule has 0 bridgehead atoms. The number of nitrogens with one attached hydrogen (secondary N) is 1. The highest BCUT2D eigenvalue weighted by molar-refractivity contribution is 7.91. The molecule has 9 heteroatoms. The molecular formula is C11H17N3O4S2. The van der Waals surface area contributed by atoms with Gasteiger partial charge in [0.1, 0.15) is 4.21 Å². The minimum absolute atomic E-state index is 0.0174. The van der Waals surface area contributed by atoms with Gasteiger partial charge in [-0.15, -0.1) is 0 Å². The third-order valence-electron chi connectivity index (χ3n) is 3.45. The molecule has 0 unspecified atom stereocenters. The first-order valence-electron chi connectivity index (χ1n) is 6.38. The monoisotopic (exact) mass is 319 g/mol. The van der Waals surface area contributed by atoms with Crippen LogP contribution >= 0.6 is 11.3 Å². The van der Waals surface area contributed by atoms with Crippen molar-refractivity contribution < 1.29 is 13.3 Å². The van der Waals surface area contributed by atoms with E-state index in [2.05, 4.69) is 5.32 Å². The van der Waals surface area contributed by atoms with E-state index in [4.69, 9.17) is 0 Å². The summed E-state index contributed by atoms with van der Waals surface area (Å²) in [4.78, 5) is 10.4. The van der Waals surface area contributed by atoms with Gasteiger partial charge in [0, 0.05) is 25.7 Å². The third-order valence-corrected chi connectivity index (χ3v) is 6.89. The van der Waals surface area contributed by atoms with Crippen molar-refractivity contribution in [2.75, 3.05) is 18.9 Å². The summed E-state index contributed by atoms with van der Waals surface area (Å²) in [7, 11) is -2.11. The van der Waals surface area contributed by atoms with Crippen LogP contribution in [-0.4, -0.2) is 37.3 Å². The summed E-state index contributed by atoms with van der Waals surface area (Å²) in [5.74, 6) is 0. The van der Waals surface area contributed by atoms with Gasteiger partial charge in [-0.05, 0) is 19.8 Å². The molecule has 1 heterocycles. The van der Waals surface area contributed by atoms with Crippen molar-refractivity contribution in [3.05, 3.63) is 16.2 Å². The fraction of sp³-hybridized carbons (Fsp3) is 0.636. The van der Waals surface area contributed by atoms with Crippen LogP contribution in [0.15, 0.2) is 10.3 Å². The molecule has 0 spiro atoms. The summed E-state index contributed by atoms with van der Waals surface area (Å²) in [6, 6.07) is 1.16. The van der Waals surface area contributed by atoms with Crippen molar-refractivity contribution in [3.8, 4) is 0 Å². The second-order valence-corrected chi connectivity index (χ2v) is 7.95. The van der Waals surface area contributed by atoms with Gasteiger partial charge in [-0.1, -0.05) is 17.8 Å². The quantitative estimate of drug-likeness (QED) is 0.641. The molecule has 1 saturated carbocycles. The molecule has 1 aliphatic rings. The molecule has 20 heavy (non-hydrogen) atoms. The highest BCUT2D eigenvalue weighted by Gasteiger charge is 2.35. The van der Waals surface area contributed by atoms with E-state index in [1.54, 1.807) is 6.92 Å². The van der Waals surface area contributed by atoms with Crippen molar-refractivity contribution in [3.63, 3.8) is 0 Å². The molecule has 1 fully saturated rings. The van der Waals surface area contributed by atoms with Crippen LogP contribution in [0.2, 0.25) is 0 Å². The maximum atomic E-state index is 12.4. The predicted molar refractivity (Wildman–Crippen MR) is 77.7 cm³/mol. The standard InChI is InChI=1S/C11H17N3O4S2/c1-3-12-11-9(14(15)16)7-10(19-11)20(17,18)13(2)8-5-4-6-8/h7-8,12H,3-6H2,1-2H3. The highest BCUT2D eigenvalue weighted by Crippen LogP contribution is 2.39. The molecule has 0 radical (unpaired) electrons. The normalized spacial score (nSPS) is 16.1. The first-order chi connectivity index (χ1) is 9.37. The van der Waals surface area contributed by atoms with Gasteiger partial charge >= 0.3 is 5.69 Å². The maximum absolute atomic E-state index is 12.4. The topological polar surface area (TPSA) is 92.6 Å². The van der Waals surface area contributed by atoms with Gasteiger partial charge in [0.2, 0.25) is 0 Å². The van der Waals surface area contributed by atoms with Gasteiger partial charge < -0.3 is 5.32 Å². The Kier molecular flexibility index (Phi) is 4.31. The Hall–Kier alpha value is -1.19. The van der Waals surface area contributed by atoms with Crippen LogP contribution in [0.3, 0.4) is 0 Å². The molecule has 1 aromatic rings. The van der Waals surface area contributed by atoms with E-state index < -0.39 is 14.9 Å². The highest BCUT2D eigenvalue weighted by atomic mass is 32.2. The minimum atomic E-state index is -3.65. The fourth-order valence-corrected chi connectivity index (χ4v) is 5.00. The van der Waals surface area contributed by atoms with E-state index >= 15 is 0 Å². The van der Waals surface area contributed by atoms with Crippen molar-refractivity contribution in [2.24, 2.45) is 0 Å². The Morgan fingerprint density at radius 1 is 1.55 bits per heavy atom. The minimum Gasteiger partial charge on any atom is -0.372 e. The van der Waals surface area contributed by atoms with Gasteiger partial charge in [0.05, 0.1) is 4.92 Å². The van der Waals surface area contributed by atoms with Gasteiger partial charge in [-0.2, -0.15) is 4.31 Å². The Morgan fingerprint density at radius 3 is 2.65 bits per heavy atom. The van der Waals surface area contributed by atoms with Crippen molar-refractivity contribution >= 4 is 32.0 Å². The number of hydrogen-bond acceptors (Lipinski definition) is 6. The number of rotatable bonds is 6. The first kappa shape index (κ1) is 15.2. The van der Waals surface area contributed by atoms with Gasteiger partial charge in [0.15, 0.2) is 5.00 Å². The van der Waals surface area contributed by atoms with E-state index in [0.717, 1.165) is 36.7 Å². The van der Waals surface area contributed by atoms with Crippen molar-refractivity contribution in [2.45, 2.75) is 36.4 Å². The van der Waals surface area contributed by atoms with Crippen LogP contribution < -0.4 is 5.32 Å². The lowest BCUT2D eigenvalue weighted by molar-refractivity contribution is -0.383. The lowest BCUT2D eigenvalue weighted by Gasteiger charge is -2.33. The number of nitrogens with zero attached hydrogens (tertiary/aromatic N) is 2. The number of hydrogen-bond donors (Lipinski definition) is 1. The van der Waals surface area contributed by atoms with E-state index in [9.17, 15) is 18.5 Å². The number of thiophene rings is 1. The molecule has 2 rings (SSSR count). The van der Waals surface area contributed by atoms with Crippen LogP contribution in [-0.2, 0) is 10.0 Å². The van der Waals surface area contributed by atoms with Crippen LogP contribution in [0.25, 0.3) is 0 Å². The maximum Gasteiger partial charge on any atom is 0.304 e. The van der Waals surface area contributed by atoms with Crippen LogP contribution in [0, 0.1) is 10.1 Å².